The highest BCUT2D eigenvalue weighted by molar-refractivity contribution is 7.22. The number of anilines is 2. The number of hydrogen-bond donors (Lipinski definition) is 2. The van der Waals surface area contributed by atoms with Crippen molar-refractivity contribution < 1.29 is 27.9 Å². The standard InChI is InChI=1S/C26H19F3N2O3S/c27-14-11-19(28)24-20(12-14)30-26(35-24)31-22-18(23(32)16-7-4-8-17(16)25(33)34)10-9-15(21(22)29)13-5-2-1-3-6-13/h1-3,5-6,9-12,16-17H,4,7-8H2,(H,30,31)(H,33,34)/t16-,17-/m1/s1. The summed E-state index contributed by atoms with van der Waals surface area (Å²) in [6.07, 6.45) is 1.36. The van der Waals surface area contributed by atoms with Crippen LogP contribution in [0.25, 0.3) is 21.3 Å². The third-order valence-electron chi connectivity index (χ3n) is 6.30. The second-order valence-electron chi connectivity index (χ2n) is 8.44. The van der Waals surface area contributed by atoms with E-state index in [-0.39, 0.29) is 32.2 Å². The summed E-state index contributed by atoms with van der Waals surface area (Å²) < 4.78 is 43.9. The van der Waals surface area contributed by atoms with Gasteiger partial charge >= 0.3 is 5.97 Å². The third-order valence-corrected chi connectivity index (χ3v) is 7.30. The zero-order chi connectivity index (χ0) is 24.7. The predicted octanol–water partition coefficient (Wildman–Crippen LogP) is 6.81. The van der Waals surface area contributed by atoms with Crippen molar-refractivity contribution >= 4 is 44.1 Å². The summed E-state index contributed by atoms with van der Waals surface area (Å²) in [4.78, 5) is 29.3. The minimum Gasteiger partial charge on any atom is -0.481 e. The smallest absolute Gasteiger partial charge is 0.307 e. The molecule has 1 aliphatic rings. The average Bonchev–Trinajstić information content (AvgIpc) is 3.48. The van der Waals surface area contributed by atoms with Crippen molar-refractivity contribution in [3.63, 3.8) is 0 Å². The maximum absolute atomic E-state index is 15.9. The van der Waals surface area contributed by atoms with Crippen molar-refractivity contribution in [2.75, 3.05) is 5.32 Å². The van der Waals surface area contributed by atoms with E-state index in [2.05, 4.69) is 10.3 Å². The molecule has 2 atom stereocenters. The van der Waals surface area contributed by atoms with Gasteiger partial charge in [0, 0.05) is 29.2 Å². The van der Waals surface area contributed by atoms with E-state index in [0.29, 0.717) is 24.8 Å². The average molecular weight is 497 g/mol. The summed E-state index contributed by atoms with van der Waals surface area (Å²) in [6, 6.07) is 13.5. The number of carbonyl (C=O) groups is 2. The molecular weight excluding hydrogens is 477 g/mol. The van der Waals surface area contributed by atoms with Gasteiger partial charge in [-0.3, -0.25) is 9.59 Å². The lowest BCUT2D eigenvalue weighted by atomic mass is 9.87. The fourth-order valence-corrected chi connectivity index (χ4v) is 5.49. The number of hydrogen-bond acceptors (Lipinski definition) is 5. The Balaban J connectivity index is 1.62. The lowest BCUT2D eigenvalue weighted by Crippen LogP contribution is -2.26. The number of rotatable bonds is 6. The molecule has 1 aromatic heterocycles. The molecule has 1 fully saturated rings. The normalized spacial score (nSPS) is 17.6. The van der Waals surface area contributed by atoms with Crippen LogP contribution in [-0.4, -0.2) is 21.8 Å². The van der Waals surface area contributed by atoms with Crippen LogP contribution in [0.15, 0.2) is 54.6 Å². The fraction of sp³-hybridized carbons (Fsp3) is 0.192. The Bertz CT molecular complexity index is 1460. The molecule has 1 heterocycles. The molecule has 0 saturated heterocycles. The number of benzene rings is 3. The van der Waals surface area contributed by atoms with Gasteiger partial charge in [-0.05, 0) is 24.5 Å². The Hall–Kier alpha value is -3.72. The molecule has 1 aliphatic carbocycles. The van der Waals surface area contributed by atoms with Crippen LogP contribution in [0.5, 0.6) is 0 Å². The maximum atomic E-state index is 15.9. The molecule has 178 valence electrons. The molecule has 2 N–H and O–H groups in total. The topological polar surface area (TPSA) is 79.3 Å². The first-order valence-electron chi connectivity index (χ1n) is 11.0. The van der Waals surface area contributed by atoms with Crippen LogP contribution in [0.4, 0.5) is 24.0 Å². The largest absolute Gasteiger partial charge is 0.481 e. The van der Waals surface area contributed by atoms with E-state index in [0.717, 1.165) is 23.5 Å². The summed E-state index contributed by atoms with van der Waals surface area (Å²) in [6.45, 7) is 0. The molecule has 4 aromatic rings. The molecule has 3 aromatic carbocycles. The Morgan fingerprint density at radius 1 is 1.00 bits per heavy atom. The minimum absolute atomic E-state index is 0.00811. The van der Waals surface area contributed by atoms with E-state index in [1.54, 1.807) is 30.3 Å². The van der Waals surface area contributed by atoms with Crippen molar-refractivity contribution in [2.45, 2.75) is 19.3 Å². The Morgan fingerprint density at radius 3 is 2.49 bits per heavy atom. The highest BCUT2D eigenvalue weighted by Crippen LogP contribution is 2.40. The zero-order valence-electron chi connectivity index (χ0n) is 18.2. The van der Waals surface area contributed by atoms with Gasteiger partial charge in [-0.1, -0.05) is 54.2 Å². The number of aromatic nitrogens is 1. The molecule has 0 amide bonds. The van der Waals surface area contributed by atoms with Gasteiger partial charge in [0.15, 0.2) is 16.7 Å². The lowest BCUT2D eigenvalue weighted by Gasteiger charge is -2.19. The minimum atomic E-state index is -1.06. The SMILES string of the molecule is O=C(O)[C@@H]1CCC[C@H]1C(=O)c1ccc(-c2ccccc2)c(F)c1Nc1nc2cc(F)cc(F)c2s1. The number of fused-ring (bicyclic) bond motifs is 1. The highest BCUT2D eigenvalue weighted by atomic mass is 32.1. The second kappa shape index (κ2) is 9.14. The number of thiazole rings is 1. The van der Waals surface area contributed by atoms with Crippen molar-refractivity contribution in [3.05, 3.63) is 77.6 Å². The number of carboxylic acid groups (broad SMARTS) is 1. The van der Waals surface area contributed by atoms with Crippen molar-refractivity contribution in [1.29, 1.82) is 0 Å². The number of ketones is 1. The number of nitrogens with zero attached hydrogens (tertiary/aromatic N) is 1. The summed E-state index contributed by atoms with van der Waals surface area (Å²) in [5, 5.41) is 12.4. The molecule has 0 spiro atoms. The van der Waals surface area contributed by atoms with E-state index >= 15 is 4.39 Å². The number of Topliss-reactive ketones (excluding diaryl/α,β-unsaturated/α-hetero) is 1. The monoisotopic (exact) mass is 496 g/mol. The van der Waals surface area contributed by atoms with E-state index in [9.17, 15) is 23.5 Å². The molecule has 35 heavy (non-hydrogen) atoms. The van der Waals surface area contributed by atoms with Gasteiger partial charge in [0.05, 0.1) is 21.8 Å². The van der Waals surface area contributed by atoms with Crippen LogP contribution in [0.2, 0.25) is 0 Å². The molecule has 5 rings (SSSR count). The van der Waals surface area contributed by atoms with Gasteiger partial charge in [-0.25, -0.2) is 18.2 Å². The second-order valence-corrected chi connectivity index (χ2v) is 9.44. The molecule has 0 aliphatic heterocycles. The van der Waals surface area contributed by atoms with E-state index in [1.807, 2.05) is 0 Å². The van der Waals surface area contributed by atoms with Gasteiger partial charge in [0.1, 0.15) is 11.6 Å². The van der Waals surface area contributed by atoms with Crippen molar-refractivity contribution in [3.8, 4) is 11.1 Å². The summed E-state index contributed by atoms with van der Waals surface area (Å²) in [7, 11) is 0. The number of carbonyl (C=O) groups excluding carboxylic acids is 1. The van der Waals surface area contributed by atoms with Crippen molar-refractivity contribution in [1.82, 2.24) is 4.98 Å². The van der Waals surface area contributed by atoms with Crippen molar-refractivity contribution in [2.24, 2.45) is 11.8 Å². The van der Waals surface area contributed by atoms with Crippen LogP contribution in [0, 0.1) is 29.3 Å². The van der Waals surface area contributed by atoms with Crippen LogP contribution >= 0.6 is 11.3 Å². The molecule has 9 heteroatoms. The van der Waals surface area contributed by atoms with E-state index < -0.39 is 41.0 Å². The Labute approximate surface area is 202 Å². The van der Waals surface area contributed by atoms with Crippen LogP contribution in [0.3, 0.4) is 0 Å². The molecule has 0 bridgehead atoms. The van der Waals surface area contributed by atoms with E-state index in [4.69, 9.17) is 0 Å². The summed E-state index contributed by atoms with van der Waals surface area (Å²) in [5.41, 5.74) is 0.681. The van der Waals surface area contributed by atoms with Gasteiger partial charge in [-0.15, -0.1) is 0 Å². The molecule has 0 radical (unpaired) electrons. The third kappa shape index (κ3) is 4.27. The summed E-state index contributed by atoms with van der Waals surface area (Å²) in [5.74, 6) is -5.47. The number of carboxylic acids is 1. The lowest BCUT2D eigenvalue weighted by molar-refractivity contribution is -0.142. The first kappa shape index (κ1) is 23.0. The maximum Gasteiger partial charge on any atom is 0.307 e. The van der Waals surface area contributed by atoms with Crippen LogP contribution in [0.1, 0.15) is 29.6 Å². The molecule has 1 saturated carbocycles. The summed E-state index contributed by atoms with van der Waals surface area (Å²) >= 11 is 0.860. The van der Waals surface area contributed by atoms with Crippen LogP contribution < -0.4 is 5.32 Å². The first-order chi connectivity index (χ1) is 16.8. The molecule has 5 nitrogen and oxygen atoms in total. The van der Waals surface area contributed by atoms with E-state index in [1.165, 1.54) is 12.1 Å². The quantitative estimate of drug-likeness (QED) is 0.287. The molecule has 0 unspecified atom stereocenters. The fourth-order valence-electron chi connectivity index (χ4n) is 4.63. The number of nitrogens with one attached hydrogen (secondary N) is 1. The number of halogens is 3. The van der Waals surface area contributed by atoms with Gasteiger partial charge in [-0.2, -0.15) is 0 Å². The predicted molar refractivity (Wildman–Crippen MR) is 127 cm³/mol. The Kier molecular flexibility index (Phi) is 6.02. The Morgan fingerprint density at radius 2 is 1.74 bits per heavy atom. The first-order valence-corrected chi connectivity index (χ1v) is 11.8. The van der Waals surface area contributed by atoms with Gasteiger partial charge < -0.3 is 10.4 Å². The van der Waals surface area contributed by atoms with Gasteiger partial charge in [0.25, 0.3) is 0 Å². The number of aliphatic carboxylic acids is 1. The zero-order valence-corrected chi connectivity index (χ0v) is 19.0. The highest BCUT2D eigenvalue weighted by Gasteiger charge is 2.39. The molecular formula is C26H19F3N2O3S. The van der Waals surface area contributed by atoms with Gasteiger partial charge in [0.2, 0.25) is 0 Å². The van der Waals surface area contributed by atoms with Crippen LogP contribution in [-0.2, 0) is 4.79 Å².